The summed E-state index contributed by atoms with van der Waals surface area (Å²) in [5.74, 6) is -1.25. The summed E-state index contributed by atoms with van der Waals surface area (Å²) in [6.45, 7) is 2.60. The van der Waals surface area contributed by atoms with Crippen LogP contribution >= 0.6 is 0 Å². The molecule has 1 aromatic rings. The Kier molecular flexibility index (Phi) is 3.88. The summed E-state index contributed by atoms with van der Waals surface area (Å²) in [6, 6.07) is 3.86. The van der Waals surface area contributed by atoms with Crippen LogP contribution in [0.4, 0.5) is 10.1 Å². The molecular weight excluding hydrogens is 277 g/mol. The van der Waals surface area contributed by atoms with Crippen LogP contribution in [-0.4, -0.2) is 18.9 Å². The van der Waals surface area contributed by atoms with E-state index in [0.717, 1.165) is 12.1 Å². The van der Waals surface area contributed by atoms with Crippen molar-refractivity contribution in [2.75, 3.05) is 0 Å². The van der Waals surface area contributed by atoms with Gasteiger partial charge in [-0.3, -0.25) is 10.1 Å². The smallest absolute Gasteiger partial charge is 0.258 e. The van der Waals surface area contributed by atoms with Gasteiger partial charge in [-0.2, -0.15) is 9.98 Å². The molecule has 1 N–H and O–H groups in total. The number of sulfonamides is 1. The van der Waals surface area contributed by atoms with E-state index < -0.39 is 36.9 Å². The maximum atomic E-state index is 13.6. The molecule has 0 bridgehead atoms. The number of benzene rings is 1. The predicted molar refractivity (Wildman–Crippen MR) is 63.1 cm³/mol. The molecule has 19 heavy (non-hydrogen) atoms. The number of rotatable bonds is 4. The van der Waals surface area contributed by atoms with Gasteiger partial charge in [-0.05, 0) is 19.9 Å². The molecule has 1 rings (SSSR count). The minimum atomic E-state index is -4.27. The quantitative estimate of drug-likeness (QED) is 0.662. The molecule has 0 heterocycles. The zero-order valence-corrected chi connectivity index (χ0v) is 10.9. The molecule has 0 aromatic heterocycles. The van der Waals surface area contributed by atoms with E-state index in [1.165, 1.54) is 13.8 Å². The van der Waals surface area contributed by atoms with E-state index in [4.69, 9.17) is 5.26 Å². The van der Waals surface area contributed by atoms with Gasteiger partial charge in [0.25, 0.3) is 5.69 Å². The van der Waals surface area contributed by atoms with Crippen molar-refractivity contribution in [2.45, 2.75) is 24.3 Å². The molecule has 7 nitrogen and oxygen atoms in total. The topological polar surface area (TPSA) is 113 Å². The van der Waals surface area contributed by atoms with Crippen LogP contribution in [0.25, 0.3) is 0 Å². The number of hydrogen-bond donors (Lipinski definition) is 1. The van der Waals surface area contributed by atoms with Gasteiger partial charge in [0.15, 0.2) is 0 Å². The predicted octanol–water partition coefficient (Wildman–Crippen LogP) is 1.31. The van der Waals surface area contributed by atoms with E-state index in [9.17, 15) is 22.9 Å². The Morgan fingerprint density at radius 1 is 1.47 bits per heavy atom. The number of nitrogens with one attached hydrogen (secondary N) is 1. The van der Waals surface area contributed by atoms with E-state index in [1.807, 2.05) is 4.72 Å². The third-order valence-electron chi connectivity index (χ3n) is 2.08. The van der Waals surface area contributed by atoms with Crippen LogP contribution in [0, 0.1) is 27.3 Å². The van der Waals surface area contributed by atoms with E-state index >= 15 is 0 Å². The Balaban J connectivity index is 3.24. The average Bonchev–Trinajstić information content (AvgIpc) is 2.27. The minimum absolute atomic E-state index is 0.508. The summed E-state index contributed by atoms with van der Waals surface area (Å²) in [5.41, 5.74) is -1.98. The molecule has 0 radical (unpaired) electrons. The van der Waals surface area contributed by atoms with Gasteiger partial charge in [-0.25, -0.2) is 12.8 Å². The van der Waals surface area contributed by atoms with E-state index in [1.54, 1.807) is 6.07 Å². The number of hydrogen-bond acceptors (Lipinski definition) is 5. The number of nitro groups is 1. The summed E-state index contributed by atoms with van der Waals surface area (Å²) in [7, 11) is -4.27. The van der Waals surface area contributed by atoms with E-state index in [2.05, 4.69) is 0 Å². The molecule has 0 saturated carbocycles. The van der Waals surface area contributed by atoms with Crippen molar-refractivity contribution < 1.29 is 17.7 Å². The third-order valence-corrected chi connectivity index (χ3v) is 3.77. The molecule has 0 fully saturated rings. The van der Waals surface area contributed by atoms with Gasteiger partial charge >= 0.3 is 0 Å². The molecule has 0 atom stereocenters. The van der Waals surface area contributed by atoms with Gasteiger partial charge in [0.1, 0.15) is 16.3 Å². The molecule has 0 aliphatic heterocycles. The van der Waals surface area contributed by atoms with Gasteiger partial charge in [0.2, 0.25) is 10.0 Å². The molecule has 9 heteroatoms. The fourth-order valence-electron chi connectivity index (χ4n) is 1.23. The van der Waals surface area contributed by atoms with Gasteiger partial charge in [-0.1, -0.05) is 0 Å². The standard InChI is InChI=1S/C10H10FN3O4S/c1-10(2,6-12)13-19(17,18)9-4-3-7(14(15)16)5-8(9)11/h3-5,13H,1-2H3. The highest BCUT2D eigenvalue weighted by atomic mass is 32.2. The van der Waals surface area contributed by atoms with E-state index in [-0.39, 0.29) is 0 Å². The normalized spacial score (nSPS) is 11.9. The molecule has 102 valence electrons. The summed E-state index contributed by atoms with van der Waals surface area (Å²) in [6.07, 6.45) is 0. The van der Waals surface area contributed by atoms with E-state index in [0.29, 0.717) is 6.07 Å². The van der Waals surface area contributed by atoms with Gasteiger partial charge in [-0.15, -0.1) is 0 Å². The summed E-state index contributed by atoms with van der Waals surface area (Å²) in [4.78, 5) is 8.83. The monoisotopic (exact) mass is 287 g/mol. The molecule has 0 aliphatic carbocycles. The maximum absolute atomic E-state index is 13.6. The first-order valence-electron chi connectivity index (χ1n) is 4.98. The lowest BCUT2D eigenvalue weighted by atomic mass is 10.1. The second-order valence-corrected chi connectivity index (χ2v) is 5.86. The second-order valence-electron chi connectivity index (χ2n) is 4.21. The Bertz CT molecular complexity index is 664. The number of nitrogens with zero attached hydrogens (tertiary/aromatic N) is 2. The molecule has 0 aliphatic rings. The molecule has 0 saturated heterocycles. The first-order chi connectivity index (χ1) is 8.59. The Morgan fingerprint density at radius 2 is 2.05 bits per heavy atom. The fraction of sp³-hybridized carbons (Fsp3) is 0.300. The summed E-state index contributed by atoms with van der Waals surface area (Å²) >= 11 is 0. The molecular formula is C10H10FN3O4S. The average molecular weight is 287 g/mol. The van der Waals surface area contributed by atoms with Crippen molar-refractivity contribution in [3.05, 3.63) is 34.1 Å². The van der Waals surface area contributed by atoms with Crippen LogP contribution in [0.1, 0.15) is 13.8 Å². The van der Waals surface area contributed by atoms with Crippen LogP contribution < -0.4 is 4.72 Å². The molecule has 0 amide bonds. The number of halogens is 1. The van der Waals surface area contributed by atoms with Crippen molar-refractivity contribution in [1.29, 1.82) is 5.26 Å². The zero-order chi connectivity index (χ0) is 14.8. The minimum Gasteiger partial charge on any atom is -0.258 e. The number of nitriles is 1. The highest BCUT2D eigenvalue weighted by Crippen LogP contribution is 2.21. The van der Waals surface area contributed by atoms with Crippen molar-refractivity contribution in [3.8, 4) is 6.07 Å². The van der Waals surface area contributed by atoms with Crippen molar-refractivity contribution >= 4 is 15.7 Å². The summed E-state index contributed by atoms with van der Waals surface area (Å²) < 4.78 is 39.2. The Labute approximate surface area is 108 Å². The summed E-state index contributed by atoms with van der Waals surface area (Å²) in [5, 5.41) is 19.2. The lowest BCUT2D eigenvalue weighted by Gasteiger charge is -2.17. The van der Waals surface area contributed by atoms with Crippen LogP contribution in [-0.2, 0) is 10.0 Å². The van der Waals surface area contributed by atoms with Crippen molar-refractivity contribution in [3.63, 3.8) is 0 Å². The first-order valence-corrected chi connectivity index (χ1v) is 6.46. The second kappa shape index (κ2) is 4.91. The zero-order valence-electron chi connectivity index (χ0n) is 10.0. The van der Waals surface area contributed by atoms with Gasteiger partial charge in [0.05, 0.1) is 17.1 Å². The number of nitro benzene ring substituents is 1. The first kappa shape index (κ1) is 15.0. The van der Waals surface area contributed by atoms with Gasteiger partial charge < -0.3 is 0 Å². The SMILES string of the molecule is CC(C)(C#N)NS(=O)(=O)c1ccc([N+](=O)[O-])cc1F. The third kappa shape index (κ3) is 3.46. The molecule has 0 spiro atoms. The largest absolute Gasteiger partial charge is 0.272 e. The van der Waals surface area contributed by atoms with Crippen LogP contribution in [0.3, 0.4) is 0 Å². The maximum Gasteiger partial charge on any atom is 0.272 e. The highest BCUT2D eigenvalue weighted by Gasteiger charge is 2.28. The lowest BCUT2D eigenvalue weighted by molar-refractivity contribution is -0.385. The van der Waals surface area contributed by atoms with Crippen LogP contribution in [0.5, 0.6) is 0 Å². The number of non-ortho nitro benzene ring substituents is 1. The fourth-order valence-corrected chi connectivity index (χ4v) is 2.63. The van der Waals surface area contributed by atoms with Gasteiger partial charge in [0, 0.05) is 6.07 Å². The highest BCUT2D eigenvalue weighted by molar-refractivity contribution is 7.89. The Morgan fingerprint density at radius 3 is 2.47 bits per heavy atom. The van der Waals surface area contributed by atoms with Crippen LogP contribution in [0.15, 0.2) is 23.1 Å². The Hall–Kier alpha value is -2.05. The van der Waals surface area contributed by atoms with Crippen molar-refractivity contribution in [1.82, 2.24) is 4.72 Å². The van der Waals surface area contributed by atoms with Crippen LogP contribution in [0.2, 0.25) is 0 Å². The molecule has 0 unspecified atom stereocenters. The lowest BCUT2D eigenvalue weighted by Crippen LogP contribution is -2.42. The van der Waals surface area contributed by atoms with Crippen molar-refractivity contribution in [2.24, 2.45) is 0 Å². The molecule has 1 aromatic carbocycles.